The molecule has 0 N–H and O–H groups in total. The zero-order valence-electron chi connectivity index (χ0n) is 21.7. The van der Waals surface area contributed by atoms with Crippen molar-refractivity contribution in [3.8, 4) is 5.75 Å². The molecule has 0 spiro atoms. The summed E-state index contributed by atoms with van der Waals surface area (Å²) < 4.78 is 20.6. The van der Waals surface area contributed by atoms with Crippen molar-refractivity contribution in [2.45, 2.75) is 116 Å². The van der Waals surface area contributed by atoms with Crippen LogP contribution < -0.4 is 4.74 Å². The molecule has 5 heteroatoms. The highest BCUT2D eigenvalue weighted by atomic mass is 19.1. The number of rotatable bonds is 14. The average molecular weight is 483 g/mol. The van der Waals surface area contributed by atoms with Gasteiger partial charge in [0.15, 0.2) is 0 Å². The summed E-state index contributed by atoms with van der Waals surface area (Å²) in [5.41, 5.74) is 1.06. The molecule has 4 nitrogen and oxygen atoms in total. The predicted molar refractivity (Wildman–Crippen MR) is 139 cm³/mol. The number of benzene rings is 1. The first-order valence-corrected chi connectivity index (χ1v) is 13.9. The van der Waals surface area contributed by atoms with Crippen molar-refractivity contribution in [2.75, 3.05) is 0 Å². The van der Waals surface area contributed by atoms with E-state index in [4.69, 9.17) is 4.74 Å². The van der Waals surface area contributed by atoms with Crippen molar-refractivity contribution in [1.82, 2.24) is 9.97 Å². The minimum absolute atomic E-state index is 0.126. The van der Waals surface area contributed by atoms with Gasteiger partial charge in [0, 0.05) is 11.6 Å². The van der Waals surface area contributed by atoms with Crippen LogP contribution >= 0.6 is 0 Å². The van der Waals surface area contributed by atoms with E-state index in [1.807, 2.05) is 24.4 Å². The van der Waals surface area contributed by atoms with Crippen LogP contribution in [-0.4, -0.2) is 15.9 Å². The van der Waals surface area contributed by atoms with E-state index in [9.17, 15) is 9.18 Å². The Morgan fingerprint density at radius 2 is 1.63 bits per heavy atom. The van der Waals surface area contributed by atoms with Gasteiger partial charge < -0.3 is 4.74 Å². The molecule has 3 rings (SSSR count). The summed E-state index contributed by atoms with van der Waals surface area (Å²) in [5.74, 6) is -0.105. The van der Waals surface area contributed by atoms with Crippen LogP contribution in [0, 0.1) is 11.9 Å². The summed E-state index contributed by atoms with van der Waals surface area (Å²) in [6.45, 7) is 4.41. The first-order chi connectivity index (χ1) is 17.1. The molecule has 0 aliphatic heterocycles. The largest absolute Gasteiger partial charge is 0.426 e. The first kappa shape index (κ1) is 27.3. The molecule has 2 aromatic rings. The summed E-state index contributed by atoms with van der Waals surface area (Å²) in [6.07, 6.45) is 16.9. The van der Waals surface area contributed by atoms with Gasteiger partial charge in [-0.15, -0.1) is 0 Å². The molecule has 0 saturated heterocycles. The van der Waals surface area contributed by atoms with E-state index in [1.165, 1.54) is 25.7 Å². The van der Waals surface area contributed by atoms with E-state index in [-0.39, 0.29) is 17.3 Å². The lowest BCUT2D eigenvalue weighted by Crippen LogP contribution is -2.36. The van der Waals surface area contributed by atoms with Crippen LogP contribution in [0.15, 0.2) is 36.5 Å². The van der Waals surface area contributed by atoms with Crippen LogP contribution in [0.25, 0.3) is 0 Å². The average Bonchev–Trinajstić information content (AvgIpc) is 2.88. The summed E-state index contributed by atoms with van der Waals surface area (Å²) in [5, 5.41) is 0. The molecule has 1 aliphatic rings. The van der Waals surface area contributed by atoms with E-state index >= 15 is 0 Å². The Morgan fingerprint density at radius 3 is 2.31 bits per heavy atom. The zero-order chi connectivity index (χ0) is 24.9. The van der Waals surface area contributed by atoms with E-state index in [0.29, 0.717) is 17.9 Å². The molecule has 0 amide bonds. The number of carbonyl (C=O) groups excluding carboxylic acids is 1. The Hall–Kier alpha value is -2.30. The van der Waals surface area contributed by atoms with Crippen molar-refractivity contribution in [3.05, 3.63) is 53.9 Å². The molecule has 1 heterocycles. The Balaban J connectivity index is 1.63. The number of ether oxygens (including phenoxy) is 1. The molecule has 192 valence electrons. The van der Waals surface area contributed by atoms with Gasteiger partial charge in [-0.3, -0.25) is 9.78 Å². The van der Waals surface area contributed by atoms with Crippen LogP contribution in [0.3, 0.4) is 0 Å². The number of carbonyl (C=O) groups is 1. The third-order valence-corrected chi connectivity index (χ3v) is 7.61. The van der Waals surface area contributed by atoms with Crippen LogP contribution in [0.5, 0.6) is 5.75 Å². The maximum Gasteiger partial charge on any atom is 0.314 e. The van der Waals surface area contributed by atoms with E-state index in [1.54, 1.807) is 12.1 Å². The number of esters is 1. The lowest BCUT2D eigenvalue weighted by atomic mass is 9.66. The predicted octanol–water partition coefficient (Wildman–Crippen LogP) is 8.13. The maximum absolute atomic E-state index is 15.0. The summed E-state index contributed by atoms with van der Waals surface area (Å²) in [7, 11) is 0. The summed E-state index contributed by atoms with van der Waals surface area (Å²) >= 11 is 0. The van der Waals surface area contributed by atoms with Crippen molar-refractivity contribution in [3.63, 3.8) is 0 Å². The molecule has 0 atom stereocenters. The van der Waals surface area contributed by atoms with Crippen LogP contribution in [0.2, 0.25) is 0 Å². The molecular weight excluding hydrogens is 439 g/mol. The lowest BCUT2D eigenvalue weighted by Gasteiger charge is -2.39. The van der Waals surface area contributed by atoms with E-state index in [2.05, 4.69) is 23.8 Å². The molecular formula is C30H43FN2O2. The third-order valence-electron chi connectivity index (χ3n) is 7.61. The van der Waals surface area contributed by atoms with Crippen LogP contribution in [0.1, 0.15) is 115 Å². The van der Waals surface area contributed by atoms with Crippen LogP contribution in [-0.2, 0) is 16.6 Å². The fourth-order valence-corrected chi connectivity index (χ4v) is 5.33. The SMILES string of the molecule is CCCCCCCCc1ncc(C2(CCCCC)CCC(C(=O)Oc3ccccc3)CC2)nc1F. The van der Waals surface area contributed by atoms with Gasteiger partial charge in [0.2, 0.25) is 5.95 Å². The van der Waals surface area contributed by atoms with Crippen molar-refractivity contribution in [2.24, 2.45) is 5.92 Å². The monoisotopic (exact) mass is 482 g/mol. The van der Waals surface area contributed by atoms with Crippen molar-refractivity contribution < 1.29 is 13.9 Å². The number of aromatic nitrogens is 2. The normalized spacial score (nSPS) is 20.0. The molecule has 1 aromatic heterocycles. The molecule has 1 aliphatic carbocycles. The highest BCUT2D eigenvalue weighted by Gasteiger charge is 2.40. The molecule has 1 fully saturated rings. The van der Waals surface area contributed by atoms with E-state index in [0.717, 1.165) is 69.9 Å². The number of hydrogen-bond acceptors (Lipinski definition) is 4. The minimum Gasteiger partial charge on any atom is -0.426 e. The second-order valence-corrected chi connectivity index (χ2v) is 10.3. The standard InChI is InChI=1S/C30H43FN2O2/c1-3-5-7-8-9-13-17-26-28(31)33-27(23-32-26)30(20-14-6-4-2)21-18-24(19-22-30)29(34)35-25-15-11-10-12-16-25/h10-12,15-16,23-24H,3-9,13-14,17-22H2,1-2H3. The van der Waals surface area contributed by atoms with Gasteiger partial charge in [-0.2, -0.15) is 4.39 Å². The Morgan fingerprint density at radius 1 is 0.971 bits per heavy atom. The number of unbranched alkanes of at least 4 members (excludes halogenated alkanes) is 7. The lowest BCUT2D eigenvalue weighted by molar-refractivity contribution is -0.140. The number of halogens is 1. The molecule has 0 radical (unpaired) electrons. The molecule has 35 heavy (non-hydrogen) atoms. The summed E-state index contributed by atoms with van der Waals surface area (Å²) in [6, 6.07) is 9.25. The van der Waals surface area contributed by atoms with Crippen molar-refractivity contribution in [1.29, 1.82) is 0 Å². The minimum atomic E-state index is -0.406. The first-order valence-electron chi connectivity index (χ1n) is 13.9. The van der Waals surface area contributed by atoms with Crippen LogP contribution in [0.4, 0.5) is 4.39 Å². The van der Waals surface area contributed by atoms with E-state index < -0.39 is 5.95 Å². The van der Waals surface area contributed by atoms with Gasteiger partial charge in [-0.1, -0.05) is 83.4 Å². The topological polar surface area (TPSA) is 52.1 Å². The highest BCUT2D eigenvalue weighted by Crippen LogP contribution is 2.45. The highest BCUT2D eigenvalue weighted by molar-refractivity contribution is 5.75. The fourth-order valence-electron chi connectivity index (χ4n) is 5.33. The molecule has 0 unspecified atom stereocenters. The molecule has 0 bridgehead atoms. The van der Waals surface area contributed by atoms with Gasteiger partial charge in [0.05, 0.1) is 17.3 Å². The molecule has 1 saturated carbocycles. The van der Waals surface area contributed by atoms with Gasteiger partial charge in [0.1, 0.15) is 5.75 Å². The Kier molecular flexibility index (Phi) is 11.2. The van der Waals surface area contributed by atoms with Gasteiger partial charge in [0.25, 0.3) is 0 Å². The summed E-state index contributed by atoms with van der Waals surface area (Å²) in [4.78, 5) is 21.8. The number of nitrogens with zero attached hydrogens (tertiary/aromatic N) is 2. The Bertz CT molecular complexity index is 894. The number of aryl methyl sites for hydroxylation is 1. The van der Waals surface area contributed by atoms with Crippen molar-refractivity contribution >= 4 is 5.97 Å². The van der Waals surface area contributed by atoms with Gasteiger partial charge >= 0.3 is 5.97 Å². The number of para-hydroxylation sites is 1. The van der Waals surface area contributed by atoms with Gasteiger partial charge in [-0.05, 0) is 57.1 Å². The third kappa shape index (κ3) is 8.12. The Labute approximate surface area is 211 Å². The molecule has 1 aromatic carbocycles. The fraction of sp³-hybridized carbons (Fsp3) is 0.633. The van der Waals surface area contributed by atoms with Gasteiger partial charge in [-0.25, -0.2) is 4.98 Å². The number of hydrogen-bond donors (Lipinski definition) is 0. The second kappa shape index (κ2) is 14.3. The smallest absolute Gasteiger partial charge is 0.314 e. The second-order valence-electron chi connectivity index (χ2n) is 10.3. The maximum atomic E-state index is 15.0. The zero-order valence-corrected chi connectivity index (χ0v) is 21.7. The quantitative estimate of drug-likeness (QED) is 0.155.